The molecule has 3 heteroatoms. The zero-order valence-corrected chi connectivity index (χ0v) is 11.1. The maximum absolute atomic E-state index is 11.0. The van der Waals surface area contributed by atoms with Gasteiger partial charge in [-0.05, 0) is 12.8 Å². The van der Waals surface area contributed by atoms with E-state index in [1.54, 1.807) is 0 Å². The number of carbonyl (C=O) groups is 2. The number of alkyl halides is 1. The number of hydrogen-bond acceptors (Lipinski definition) is 2. The summed E-state index contributed by atoms with van der Waals surface area (Å²) in [7, 11) is 0. The van der Waals surface area contributed by atoms with Crippen molar-refractivity contribution in [1.29, 1.82) is 0 Å². The van der Waals surface area contributed by atoms with Gasteiger partial charge in [-0.2, -0.15) is 0 Å². The summed E-state index contributed by atoms with van der Waals surface area (Å²) in [6.45, 7) is 1.91. The molecular formula is C12H21BrO2. The van der Waals surface area contributed by atoms with Gasteiger partial charge in [-0.15, -0.1) is 0 Å². The van der Waals surface area contributed by atoms with Gasteiger partial charge in [-0.3, -0.25) is 9.59 Å². The molecule has 0 saturated heterocycles. The first-order valence-electron chi connectivity index (χ1n) is 5.80. The maximum atomic E-state index is 11.0. The summed E-state index contributed by atoms with van der Waals surface area (Å²) < 4.78 is 0. The molecule has 2 nitrogen and oxygen atoms in total. The molecule has 0 aromatic rings. The van der Waals surface area contributed by atoms with Crippen LogP contribution in [0.5, 0.6) is 0 Å². The van der Waals surface area contributed by atoms with Gasteiger partial charge in [-0.25, -0.2) is 0 Å². The van der Waals surface area contributed by atoms with Gasteiger partial charge in [-0.1, -0.05) is 42.1 Å². The highest BCUT2D eigenvalue weighted by Gasteiger charge is 2.00. The van der Waals surface area contributed by atoms with Crippen LogP contribution in [0.25, 0.3) is 0 Å². The zero-order chi connectivity index (χ0) is 11.5. The second kappa shape index (κ2) is 10.3. The van der Waals surface area contributed by atoms with Crippen molar-refractivity contribution in [2.75, 3.05) is 5.33 Å². The first-order chi connectivity index (χ1) is 7.20. The topological polar surface area (TPSA) is 34.1 Å². The van der Waals surface area contributed by atoms with E-state index in [0.717, 1.165) is 38.5 Å². The fraction of sp³-hybridized carbons (Fsp3) is 0.833. The lowest BCUT2D eigenvalue weighted by molar-refractivity contribution is -0.119. The van der Waals surface area contributed by atoms with Crippen molar-refractivity contribution in [3.8, 4) is 0 Å². The van der Waals surface area contributed by atoms with Crippen LogP contribution in [-0.4, -0.2) is 16.9 Å². The number of unbranched alkanes of at least 4 members (excludes halogenated alkanes) is 4. The molecule has 0 atom stereocenters. The SMILES string of the molecule is CCC(=O)CCCCCCCC(=O)CBr. The van der Waals surface area contributed by atoms with Crippen molar-refractivity contribution in [3.63, 3.8) is 0 Å². The third kappa shape index (κ3) is 10.1. The second-order valence-electron chi connectivity index (χ2n) is 3.83. The molecule has 0 amide bonds. The van der Waals surface area contributed by atoms with Crippen LogP contribution in [0.1, 0.15) is 58.3 Å². The smallest absolute Gasteiger partial charge is 0.143 e. The lowest BCUT2D eigenvalue weighted by Gasteiger charge is -2.00. The van der Waals surface area contributed by atoms with Crippen LogP contribution in [-0.2, 0) is 9.59 Å². The Kier molecular flexibility index (Phi) is 10.2. The number of Topliss-reactive ketones (excluding diaryl/α,β-unsaturated/α-hetero) is 2. The number of carbonyl (C=O) groups excluding carboxylic acids is 2. The molecule has 0 N–H and O–H groups in total. The van der Waals surface area contributed by atoms with Crippen molar-refractivity contribution >= 4 is 27.5 Å². The van der Waals surface area contributed by atoms with Crippen LogP contribution in [0.2, 0.25) is 0 Å². The molecule has 0 radical (unpaired) electrons. The zero-order valence-electron chi connectivity index (χ0n) is 9.56. The molecule has 0 heterocycles. The Balaban J connectivity index is 3.11. The second-order valence-corrected chi connectivity index (χ2v) is 4.39. The molecule has 0 rings (SSSR count). The first kappa shape index (κ1) is 14.8. The molecule has 0 unspecified atom stereocenters. The van der Waals surface area contributed by atoms with Crippen molar-refractivity contribution < 1.29 is 9.59 Å². The van der Waals surface area contributed by atoms with E-state index in [2.05, 4.69) is 15.9 Å². The van der Waals surface area contributed by atoms with E-state index in [0.29, 0.717) is 24.0 Å². The lowest BCUT2D eigenvalue weighted by Crippen LogP contribution is -1.98. The fourth-order valence-electron chi connectivity index (χ4n) is 1.42. The normalized spacial score (nSPS) is 10.3. The molecular weight excluding hydrogens is 256 g/mol. The van der Waals surface area contributed by atoms with Crippen LogP contribution in [0, 0.1) is 0 Å². The molecule has 0 saturated carbocycles. The van der Waals surface area contributed by atoms with Gasteiger partial charge in [0, 0.05) is 19.3 Å². The van der Waals surface area contributed by atoms with Crippen LogP contribution in [0.15, 0.2) is 0 Å². The average molecular weight is 277 g/mol. The predicted octanol–water partition coefficient (Wildman–Crippen LogP) is 3.66. The largest absolute Gasteiger partial charge is 0.300 e. The summed E-state index contributed by atoms with van der Waals surface area (Å²) in [5.74, 6) is 0.653. The standard InChI is InChI=1S/C12H21BrO2/c1-2-11(14)8-6-4-3-5-7-9-12(15)10-13/h2-10H2,1H3. The highest BCUT2D eigenvalue weighted by Crippen LogP contribution is 2.08. The summed E-state index contributed by atoms with van der Waals surface area (Å²) >= 11 is 3.15. The fourth-order valence-corrected chi connectivity index (χ4v) is 1.70. The number of ketones is 2. The van der Waals surface area contributed by atoms with Gasteiger partial charge < -0.3 is 0 Å². The highest BCUT2D eigenvalue weighted by atomic mass is 79.9. The van der Waals surface area contributed by atoms with Crippen LogP contribution in [0.3, 0.4) is 0 Å². The quantitative estimate of drug-likeness (QED) is 0.451. The van der Waals surface area contributed by atoms with E-state index in [4.69, 9.17) is 0 Å². The van der Waals surface area contributed by atoms with Crippen LogP contribution < -0.4 is 0 Å². The van der Waals surface area contributed by atoms with Gasteiger partial charge >= 0.3 is 0 Å². The Morgan fingerprint density at radius 1 is 0.867 bits per heavy atom. The summed E-state index contributed by atoms with van der Waals surface area (Å²) in [4.78, 5) is 21.9. The van der Waals surface area contributed by atoms with Gasteiger partial charge in [0.2, 0.25) is 0 Å². The minimum absolute atomic E-state index is 0.288. The van der Waals surface area contributed by atoms with Gasteiger partial charge in [0.1, 0.15) is 11.6 Å². The summed E-state index contributed by atoms with van der Waals surface area (Å²) in [5, 5.41) is 0.484. The summed E-state index contributed by atoms with van der Waals surface area (Å²) in [5.41, 5.74) is 0. The Labute approximate surface area is 101 Å². The summed E-state index contributed by atoms with van der Waals surface area (Å²) in [6.07, 6.45) is 7.47. The summed E-state index contributed by atoms with van der Waals surface area (Å²) in [6, 6.07) is 0. The molecule has 0 aliphatic carbocycles. The molecule has 0 aromatic carbocycles. The molecule has 0 aliphatic heterocycles. The van der Waals surface area contributed by atoms with Crippen molar-refractivity contribution in [2.45, 2.75) is 58.3 Å². The Hall–Kier alpha value is -0.180. The number of hydrogen-bond donors (Lipinski definition) is 0. The average Bonchev–Trinajstić information content (AvgIpc) is 2.26. The monoisotopic (exact) mass is 276 g/mol. The van der Waals surface area contributed by atoms with Crippen LogP contribution >= 0.6 is 15.9 Å². The Morgan fingerprint density at radius 3 is 1.80 bits per heavy atom. The first-order valence-corrected chi connectivity index (χ1v) is 6.92. The maximum Gasteiger partial charge on any atom is 0.143 e. The molecule has 15 heavy (non-hydrogen) atoms. The molecule has 88 valence electrons. The van der Waals surface area contributed by atoms with E-state index < -0.39 is 0 Å². The molecule has 0 bridgehead atoms. The number of rotatable bonds is 10. The van der Waals surface area contributed by atoms with E-state index >= 15 is 0 Å². The van der Waals surface area contributed by atoms with Gasteiger partial charge in [0.25, 0.3) is 0 Å². The molecule has 0 aromatic heterocycles. The van der Waals surface area contributed by atoms with Crippen molar-refractivity contribution in [2.24, 2.45) is 0 Å². The molecule has 0 aliphatic rings. The minimum atomic E-state index is 0.288. The molecule has 0 fully saturated rings. The Bertz CT molecular complexity index is 170. The van der Waals surface area contributed by atoms with Crippen LogP contribution in [0.4, 0.5) is 0 Å². The third-order valence-electron chi connectivity index (χ3n) is 2.45. The predicted molar refractivity (Wildman–Crippen MR) is 66.4 cm³/mol. The van der Waals surface area contributed by atoms with Crippen molar-refractivity contribution in [3.05, 3.63) is 0 Å². The van der Waals surface area contributed by atoms with Gasteiger partial charge in [0.05, 0.1) is 5.33 Å². The van der Waals surface area contributed by atoms with Gasteiger partial charge in [0.15, 0.2) is 0 Å². The van der Waals surface area contributed by atoms with Crippen molar-refractivity contribution in [1.82, 2.24) is 0 Å². The number of halogens is 1. The highest BCUT2D eigenvalue weighted by molar-refractivity contribution is 9.09. The Morgan fingerprint density at radius 2 is 1.33 bits per heavy atom. The third-order valence-corrected chi connectivity index (χ3v) is 3.08. The minimum Gasteiger partial charge on any atom is -0.300 e. The van der Waals surface area contributed by atoms with E-state index in [1.165, 1.54) is 0 Å². The van der Waals surface area contributed by atoms with E-state index in [-0.39, 0.29) is 5.78 Å². The lowest BCUT2D eigenvalue weighted by atomic mass is 10.1. The molecule has 0 spiro atoms. The van der Waals surface area contributed by atoms with E-state index in [9.17, 15) is 9.59 Å². The van der Waals surface area contributed by atoms with E-state index in [1.807, 2.05) is 6.92 Å².